The van der Waals surface area contributed by atoms with Gasteiger partial charge in [-0.1, -0.05) is 164 Å². The lowest BCUT2D eigenvalue weighted by molar-refractivity contribution is 0.669. The average Bonchev–Trinajstić information content (AvgIpc) is 3.64. The van der Waals surface area contributed by atoms with Crippen LogP contribution in [0.2, 0.25) is 0 Å². The average molecular weight is 690 g/mol. The van der Waals surface area contributed by atoms with E-state index in [2.05, 4.69) is 205 Å². The third kappa shape index (κ3) is 5.62. The number of fused-ring (bicyclic) bond motifs is 4. The van der Waals surface area contributed by atoms with E-state index >= 15 is 0 Å². The van der Waals surface area contributed by atoms with E-state index in [-0.39, 0.29) is 0 Å². The number of hydrogen-bond donors (Lipinski definition) is 0. The van der Waals surface area contributed by atoms with Crippen LogP contribution in [0.5, 0.6) is 0 Å². The number of hydrogen-bond acceptors (Lipinski definition) is 2. The molecule has 2 nitrogen and oxygen atoms in total. The molecule has 54 heavy (non-hydrogen) atoms. The minimum absolute atomic E-state index is 0.901. The van der Waals surface area contributed by atoms with Crippen LogP contribution < -0.4 is 4.90 Å². The summed E-state index contributed by atoms with van der Waals surface area (Å²) in [5, 5.41) is 4.77. The van der Waals surface area contributed by atoms with E-state index in [4.69, 9.17) is 4.42 Å². The SMILES string of the molecule is c1ccc(-c2ccc(N(c3ccc(-c4cccc5ccccc45)cc3)c3ccc(-c4cccc5oc6ccccc6c45)cc3)cc2-c2ccccc2)cc1. The van der Waals surface area contributed by atoms with Crippen LogP contribution in [0.1, 0.15) is 0 Å². The normalized spacial score (nSPS) is 11.3. The van der Waals surface area contributed by atoms with Gasteiger partial charge in [0.15, 0.2) is 0 Å². The van der Waals surface area contributed by atoms with Gasteiger partial charge in [-0.3, -0.25) is 0 Å². The molecule has 0 saturated carbocycles. The van der Waals surface area contributed by atoms with Gasteiger partial charge in [0.2, 0.25) is 0 Å². The zero-order valence-electron chi connectivity index (χ0n) is 29.6. The lowest BCUT2D eigenvalue weighted by atomic mass is 9.93. The molecule has 0 saturated heterocycles. The Morgan fingerprint density at radius 2 is 0.796 bits per heavy atom. The van der Waals surface area contributed by atoms with E-state index in [1.165, 1.54) is 44.2 Å². The fourth-order valence-corrected chi connectivity index (χ4v) is 7.92. The molecule has 1 heterocycles. The standard InChI is InChI=1S/C52H35NO/c1-3-13-36(14-4-1)46-34-33-43(35-49(46)38-15-5-2-6-16-38)53(41-29-25-39(26-30-41)45-21-11-18-37-17-7-8-19-44(37)45)42-31-27-40(28-32-42)47-22-12-24-51-52(47)48-20-9-10-23-50(48)54-51/h1-35H. The maximum absolute atomic E-state index is 6.24. The maximum atomic E-state index is 6.24. The molecule has 0 unspecified atom stereocenters. The lowest BCUT2D eigenvalue weighted by Gasteiger charge is -2.27. The molecule has 2 heteroatoms. The molecule has 10 rings (SSSR count). The quantitative estimate of drug-likeness (QED) is 0.166. The van der Waals surface area contributed by atoms with Crippen LogP contribution in [0.4, 0.5) is 17.1 Å². The molecule has 0 bridgehead atoms. The highest BCUT2D eigenvalue weighted by molar-refractivity contribution is 6.12. The Kier molecular flexibility index (Phi) is 7.85. The Labute approximate surface area is 314 Å². The molecule has 0 amide bonds. The van der Waals surface area contributed by atoms with Gasteiger partial charge in [0.25, 0.3) is 0 Å². The molecule has 0 spiro atoms. The van der Waals surface area contributed by atoms with Gasteiger partial charge in [0.05, 0.1) is 0 Å². The highest BCUT2D eigenvalue weighted by Gasteiger charge is 2.18. The monoisotopic (exact) mass is 689 g/mol. The van der Waals surface area contributed by atoms with Gasteiger partial charge in [-0.25, -0.2) is 0 Å². The smallest absolute Gasteiger partial charge is 0.136 e. The molecular weight excluding hydrogens is 655 g/mol. The first-order valence-corrected chi connectivity index (χ1v) is 18.4. The van der Waals surface area contributed by atoms with Crippen molar-refractivity contribution in [2.75, 3.05) is 4.90 Å². The van der Waals surface area contributed by atoms with E-state index in [1.54, 1.807) is 0 Å². The molecule has 254 valence electrons. The van der Waals surface area contributed by atoms with Crippen molar-refractivity contribution in [1.29, 1.82) is 0 Å². The largest absolute Gasteiger partial charge is 0.456 e. The lowest BCUT2D eigenvalue weighted by Crippen LogP contribution is -2.10. The first-order chi connectivity index (χ1) is 26.8. The molecule has 0 fully saturated rings. The van der Waals surface area contributed by atoms with Gasteiger partial charge in [-0.05, 0) is 104 Å². The second-order valence-electron chi connectivity index (χ2n) is 13.7. The van der Waals surface area contributed by atoms with E-state index in [1.807, 2.05) is 12.1 Å². The fourth-order valence-electron chi connectivity index (χ4n) is 7.92. The summed E-state index contributed by atoms with van der Waals surface area (Å²) in [5.74, 6) is 0. The summed E-state index contributed by atoms with van der Waals surface area (Å²) in [7, 11) is 0. The second kappa shape index (κ2) is 13.4. The molecule has 0 aliphatic carbocycles. The number of para-hydroxylation sites is 1. The second-order valence-corrected chi connectivity index (χ2v) is 13.7. The van der Waals surface area contributed by atoms with Gasteiger partial charge in [-0.15, -0.1) is 0 Å². The summed E-state index contributed by atoms with van der Waals surface area (Å²) in [5.41, 5.74) is 14.5. The molecule has 0 aliphatic heterocycles. The minimum Gasteiger partial charge on any atom is -0.456 e. The number of benzene rings is 9. The summed E-state index contributed by atoms with van der Waals surface area (Å²) in [6.07, 6.45) is 0. The van der Waals surface area contributed by atoms with Crippen molar-refractivity contribution in [2.24, 2.45) is 0 Å². The van der Waals surface area contributed by atoms with Crippen molar-refractivity contribution in [2.45, 2.75) is 0 Å². The third-order valence-corrected chi connectivity index (χ3v) is 10.5. The first kappa shape index (κ1) is 31.6. The van der Waals surface area contributed by atoms with Crippen molar-refractivity contribution < 1.29 is 4.42 Å². The van der Waals surface area contributed by atoms with Gasteiger partial charge >= 0.3 is 0 Å². The molecule has 0 aliphatic rings. The van der Waals surface area contributed by atoms with Crippen molar-refractivity contribution in [3.63, 3.8) is 0 Å². The van der Waals surface area contributed by atoms with Crippen molar-refractivity contribution in [3.05, 3.63) is 212 Å². The Morgan fingerprint density at radius 3 is 1.52 bits per heavy atom. The number of rotatable bonds is 7. The van der Waals surface area contributed by atoms with Crippen LogP contribution in [-0.2, 0) is 0 Å². The third-order valence-electron chi connectivity index (χ3n) is 10.5. The van der Waals surface area contributed by atoms with E-state index < -0.39 is 0 Å². The topological polar surface area (TPSA) is 16.4 Å². The highest BCUT2D eigenvalue weighted by atomic mass is 16.3. The molecular formula is C52H35NO. The predicted molar refractivity (Wildman–Crippen MR) is 228 cm³/mol. The van der Waals surface area contributed by atoms with E-state index in [0.29, 0.717) is 0 Å². The van der Waals surface area contributed by atoms with E-state index in [9.17, 15) is 0 Å². The summed E-state index contributed by atoms with van der Waals surface area (Å²) in [4.78, 5) is 2.37. The van der Waals surface area contributed by atoms with Gasteiger partial charge in [-0.2, -0.15) is 0 Å². The Balaban J connectivity index is 1.12. The van der Waals surface area contributed by atoms with E-state index in [0.717, 1.165) is 50.1 Å². The summed E-state index contributed by atoms with van der Waals surface area (Å²) in [6.45, 7) is 0. The number of nitrogens with zero attached hydrogens (tertiary/aromatic N) is 1. The van der Waals surface area contributed by atoms with Gasteiger partial charge in [0.1, 0.15) is 11.2 Å². The number of furan rings is 1. The summed E-state index contributed by atoms with van der Waals surface area (Å²) < 4.78 is 6.24. The molecule has 0 N–H and O–H groups in total. The Bertz CT molecular complexity index is 2900. The molecule has 10 aromatic rings. The van der Waals surface area contributed by atoms with Crippen molar-refractivity contribution in [1.82, 2.24) is 0 Å². The van der Waals surface area contributed by atoms with Crippen LogP contribution in [0.15, 0.2) is 217 Å². The predicted octanol–water partition coefficient (Wildman–Crippen LogP) is 14.9. The molecule has 9 aromatic carbocycles. The molecule has 0 radical (unpaired) electrons. The minimum atomic E-state index is 0.901. The Hall–Kier alpha value is -7.16. The van der Waals surface area contributed by atoms with Crippen LogP contribution in [0.25, 0.3) is 77.2 Å². The van der Waals surface area contributed by atoms with Crippen molar-refractivity contribution in [3.8, 4) is 44.5 Å². The maximum Gasteiger partial charge on any atom is 0.136 e. The van der Waals surface area contributed by atoms with Crippen LogP contribution in [0.3, 0.4) is 0 Å². The van der Waals surface area contributed by atoms with Crippen LogP contribution >= 0.6 is 0 Å². The fraction of sp³-hybridized carbons (Fsp3) is 0. The zero-order valence-corrected chi connectivity index (χ0v) is 29.6. The molecule has 0 atom stereocenters. The molecule has 1 aromatic heterocycles. The number of anilines is 3. The van der Waals surface area contributed by atoms with Crippen LogP contribution in [0, 0.1) is 0 Å². The summed E-state index contributed by atoms with van der Waals surface area (Å²) >= 11 is 0. The highest BCUT2D eigenvalue weighted by Crippen LogP contribution is 2.43. The first-order valence-electron chi connectivity index (χ1n) is 18.4. The zero-order chi connectivity index (χ0) is 35.8. The summed E-state index contributed by atoms with van der Waals surface area (Å²) in [6, 6.07) is 75.9. The Morgan fingerprint density at radius 1 is 0.296 bits per heavy atom. The van der Waals surface area contributed by atoms with Crippen LogP contribution in [-0.4, -0.2) is 0 Å². The van der Waals surface area contributed by atoms with Crippen molar-refractivity contribution >= 4 is 49.8 Å². The van der Waals surface area contributed by atoms with Gasteiger partial charge < -0.3 is 9.32 Å². The van der Waals surface area contributed by atoms with Gasteiger partial charge in [0, 0.05) is 27.8 Å².